The molecule has 0 bridgehead atoms. The Labute approximate surface area is 163 Å². The Morgan fingerprint density at radius 3 is 2.85 bits per heavy atom. The smallest absolute Gasteiger partial charge is 0.191 e. The molecule has 0 radical (unpaired) electrons. The largest absolute Gasteiger partial charge is 0.306 e. The van der Waals surface area contributed by atoms with Gasteiger partial charge in [0.25, 0.3) is 0 Å². The standard InChI is InChI=1S/C22H21N3OS/c26-20(14-27-22-24-23-21-8-2-1-5-11-25(21)22)17-10-9-16-12-15-6-3-4-7-18(15)19(16)13-17/h3-4,6-7,9-10,13H,1-2,5,8,11-12,14H2. The summed E-state index contributed by atoms with van der Waals surface area (Å²) in [6.45, 7) is 0.967. The molecule has 1 aromatic heterocycles. The Balaban J connectivity index is 1.34. The number of carbonyl (C=O) groups excluding carboxylic acids is 1. The summed E-state index contributed by atoms with van der Waals surface area (Å²) in [5.41, 5.74) is 5.91. The molecular formula is C22H21N3OS. The third-order valence-electron chi connectivity index (χ3n) is 5.53. The normalized spacial score (nSPS) is 15.0. The lowest BCUT2D eigenvalue weighted by molar-refractivity contribution is 0.102. The molecule has 4 nitrogen and oxygen atoms in total. The van der Waals surface area contributed by atoms with Crippen LogP contribution in [-0.2, 0) is 19.4 Å². The van der Waals surface area contributed by atoms with E-state index in [1.807, 2.05) is 6.07 Å². The number of nitrogens with zero attached hydrogens (tertiary/aromatic N) is 3. The number of thioether (sulfide) groups is 1. The van der Waals surface area contributed by atoms with Crippen LogP contribution in [0.5, 0.6) is 0 Å². The molecule has 0 saturated heterocycles. The van der Waals surface area contributed by atoms with E-state index in [2.05, 4.69) is 51.2 Å². The zero-order valence-corrected chi connectivity index (χ0v) is 16.0. The molecule has 0 unspecified atom stereocenters. The van der Waals surface area contributed by atoms with Crippen molar-refractivity contribution in [2.45, 2.75) is 43.8 Å². The molecule has 2 aromatic carbocycles. The van der Waals surface area contributed by atoms with Crippen LogP contribution in [0, 0.1) is 0 Å². The van der Waals surface area contributed by atoms with Crippen LogP contribution < -0.4 is 0 Å². The van der Waals surface area contributed by atoms with E-state index in [0.717, 1.165) is 42.4 Å². The summed E-state index contributed by atoms with van der Waals surface area (Å²) in [7, 11) is 0. The number of Topliss-reactive ketones (excluding diaryl/α,β-unsaturated/α-hetero) is 1. The average molecular weight is 375 g/mol. The molecule has 0 N–H and O–H groups in total. The molecule has 0 saturated carbocycles. The molecule has 0 fully saturated rings. The Kier molecular flexibility index (Phi) is 4.32. The van der Waals surface area contributed by atoms with Crippen LogP contribution in [0.4, 0.5) is 0 Å². The van der Waals surface area contributed by atoms with E-state index >= 15 is 0 Å². The number of hydrogen-bond donors (Lipinski definition) is 0. The molecule has 1 aliphatic heterocycles. The highest BCUT2D eigenvalue weighted by Gasteiger charge is 2.20. The van der Waals surface area contributed by atoms with E-state index in [0.29, 0.717) is 5.75 Å². The first kappa shape index (κ1) is 16.8. The summed E-state index contributed by atoms with van der Waals surface area (Å²) in [5.74, 6) is 1.62. The van der Waals surface area contributed by atoms with Crippen LogP contribution in [0.1, 0.15) is 46.6 Å². The van der Waals surface area contributed by atoms with Crippen LogP contribution in [-0.4, -0.2) is 26.3 Å². The molecule has 0 atom stereocenters. The van der Waals surface area contributed by atoms with Gasteiger partial charge in [0, 0.05) is 18.5 Å². The van der Waals surface area contributed by atoms with Crippen LogP contribution in [0.3, 0.4) is 0 Å². The van der Waals surface area contributed by atoms with Gasteiger partial charge in [-0.2, -0.15) is 0 Å². The van der Waals surface area contributed by atoms with Crippen LogP contribution in [0.2, 0.25) is 0 Å². The molecule has 5 rings (SSSR count). The van der Waals surface area contributed by atoms with Crippen molar-refractivity contribution in [2.75, 3.05) is 5.75 Å². The first-order chi connectivity index (χ1) is 13.3. The number of hydrogen-bond acceptors (Lipinski definition) is 4. The van der Waals surface area contributed by atoms with Gasteiger partial charge < -0.3 is 4.57 Å². The second-order valence-electron chi connectivity index (χ2n) is 7.28. The van der Waals surface area contributed by atoms with E-state index in [1.54, 1.807) is 0 Å². The van der Waals surface area contributed by atoms with Crippen molar-refractivity contribution in [2.24, 2.45) is 0 Å². The Morgan fingerprint density at radius 1 is 1.00 bits per heavy atom. The fraction of sp³-hybridized carbons (Fsp3) is 0.318. The number of aryl methyl sites for hydroxylation is 1. The fourth-order valence-corrected chi connectivity index (χ4v) is 4.95. The number of carbonyl (C=O) groups is 1. The Bertz CT molecular complexity index is 1020. The Morgan fingerprint density at radius 2 is 1.89 bits per heavy atom. The molecule has 3 aromatic rings. The van der Waals surface area contributed by atoms with Gasteiger partial charge in [0.05, 0.1) is 5.75 Å². The van der Waals surface area contributed by atoms with Crippen molar-refractivity contribution < 1.29 is 4.79 Å². The van der Waals surface area contributed by atoms with Crippen LogP contribution in [0.25, 0.3) is 11.1 Å². The highest BCUT2D eigenvalue weighted by molar-refractivity contribution is 7.99. The third kappa shape index (κ3) is 3.10. The minimum atomic E-state index is 0.151. The summed E-state index contributed by atoms with van der Waals surface area (Å²) in [6.07, 6.45) is 5.53. The van der Waals surface area contributed by atoms with Crippen molar-refractivity contribution in [3.8, 4) is 11.1 Å². The maximum atomic E-state index is 12.8. The molecule has 0 amide bonds. The predicted molar refractivity (Wildman–Crippen MR) is 107 cm³/mol. The molecule has 27 heavy (non-hydrogen) atoms. The summed E-state index contributed by atoms with van der Waals surface area (Å²) >= 11 is 1.51. The van der Waals surface area contributed by atoms with Crippen LogP contribution >= 0.6 is 11.8 Å². The summed E-state index contributed by atoms with van der Waals surface area (Å²) in [4.78, 5) is 12.8. The van der Waals surface area contributed by atoms with Gasteiger partial charge in [0.2, 0.25) is 0 Å². The molecule has 1 aliphatic carbocycles. The highest BCUT2D eigenvalue weighted by atomic mass is 32.2. The van der Waals surface area contributed by atoms with Gasteiger partial charge in [0.1, 0.15) is 5.82 Å². The van der Waals surface area contributed by atoms with E-state index in [9.17, 15) is 4.79 Å². The van der Waals surface area contributed by atoms with Gasteiger partial charge in [-0.25, -0.2) is 0 Å². The third-order valence-corrected chi connectivity index (χ3v) is 6.49. The molecule has 136 valence electrons. The van der Waals surface area contributed by atoms with Gasteiger partial charge in [-0.15, -0.1) is 10.2 Å². The summed E-state index contributed by atoms with van der Waals surface area (Å²) in [6, 6.07) is 14.6. The number of benzene rings is 2. The van der Waals surface area contributed by atoms with Gasteiger partial charge in [-0.05, 0) is 47.6 Å². The van der Waals surface area contributed by atoms with Crippen molar-refractivity contribution in [3.05, 3.63) is 65.0 Å². The van der Waals surface area contributed by atoms with Gasteiger partial charge in [-0.3, -0.25) is 4.79 Å². The predicted octanol–water partition coefficient (Wildman–Crippen LogP) is 4.55. The van der Waals surface area contributed by atoms with Crippen molar-refractivity contribution in [1.82, 2.24) is 14.8 Å². The van der Waals surface area contributed by atoms with Crippen molar-refractivity contribution in [1.29, 1.82) is 0 Å². The number of aromatic nitrogens is 3. The van der Waals surface area contributed by atoms with Crippen molar-refractivity contribution >= 4 is 17.5 Å². The zero-order chi connectivity index (χ0) is 18.2. The number of ketones is 1. The Hall–Kier alpha value is -2.40. The van der Waals surface area contributed by atoms with E-state index in [4.69, 9.17) is 0 Å². The second kappa shape index (κ2) is 6.97. The summed E-state index contributed by atoms with van der Waals surface area (Å²) in [5, 5.41) is 9.52. The van der Waals surface area contributed by atoms with E-state index in [-0.39, 0.29) is 5.78 Å². The molecule has 2 heterocycles. The minimum Gasteiger partial charge on any atom is -0.306 e. The first-order valence-corrected chi connectivity index (χ1v) is 10.6. The topological polar surface area (TPSA) is 47.8 Å². The monoisotopic (exact) mass is 375 g/mol. The lowest BCUT2D eigenvalue weighted by Gasteiger charge is -2.07. The fourth-order valence-electron chi connectivity index (χ4n) is 4.08. The number of rotatable bonds is 4. The second-order valence-corrected chi connectivity index (χ2v) is 8.22. The molecule has 5 heteroatoms. The molecule has 2 aliphatic rings. The van der Waals surface area contributed by atoms with E-state index < -0.39 is 0 Å². The lowest BCUT2D eigenvalue weighted by atomic mass is 10.0. The van der Waals surface area contributed by atoms with E-state index in [1.165, 1.54) is 46.9 Å². The minimum absolute atomic E-state index is 0.151. The average Bonchev–Trinajstić information content (AvgIpc) is 3.18. The van der Waals surface area contributed by atoms with Gasteiger partial charge >= 0.3 is 0 Å². The quantitative estimate of drug-likeness (QED) is 0.388. The maximum absolute atomic E-state index is 12.8. The number of fused-ring (bicyclic) bond motifs is 4. The molecular weight excluding hydrogens is 354 g/mol. The zero-order valence-electron chi connectivity index (χ0n) is 15.1. The van der Waals surface area contributed by atoms with Crippen molar-refractivity contribution in [3.63, 3.8) is 0 Å². The summed E-state index contributed by atoms with van der Waals surface area (Å²) < 4.78 is 2.20. The first-order valence-electron chi connectivity index (χ1n) is 9.59. The SMILES string of the molecule is O=C(CSc1nnc2n1CCCCC2)c1ccc2c(c1)-c1ccccc1C2. The van der Waals surface area contributed by atoms with Crippen LogP contribution in [0.15, 0.2) is 47.6 Å². The molecule has 0 spiro atoms. The van der Waals surface area contributed by atoms with Gasteiger partial charge in [-0.1, -0.05) is 54.6 Å². The highest BCUT2D eigenvalue weighted by Crippen LogP contribution is 2.37. The maximum Gasteiger partial charge on any atom is 0.191 e. The van der Waals surface area contributed by atoms with Gasteiger partial charge in [0.15, 0.2) is 10.9 Å². The lowest BCUT2D eigenvalue weighted by Crippen LogP contribution is -2.06.